The van der Waals surface area contributed by atoms with Gasteiger partial charge in [0.05, 0.1) is 11.2 Å². The maximum Gasteiger partial charge on any atom is 0.203 e. The molecule has 0 aliphatic rings. The predicted molar refractivity (Wildman–Crippen MR) is 54.9 cm³/mol. The second-order valence-corrected chi connectivity index (χ2v) is 4.11. The Balaban J connectivity index is 2.99. The molecule has 0 radical (unpaired) electrons. The van der Waals surface area contributed by atoms with Gasteiger partial charge in [0.2, 0.25) is 5.76 Å². The zero-order chi connectivity index (χ0) is 10.8. The standard InChI is InChI=1S/C9H16N4O/c1-6-5-7(14-13-6)8(12-10)11-9(2,3)4/h5H,10H2,1-4H3,(H,11,12). The van der Waals surface area contributed by atoms with E-state index in [0.717, 1.165) is 5.69 Å². The molecule has 0 aromatic carbocycles. The van der Waals surface area contributed by atoms with Crippen molar-refractivity contribution in [1.29, 1.82) is 0 Å². The van der Waals surface area contributed by atoms with Crippen LogP contribution in [0, 0.1) is 6.92 Å². The van der Waals surface area contributed by atoms with Crippen molar-refractivity contribution < 1.29 is 4.52 Å². The van der Waals surface area contributed by atoms with Crippen LogP contribution in [0.3, 0.4) is 0 Å². The molecule has 0 aliphatic heterocycles. The van der Waals surface area contributed by atoms with Crippen LogP contribution >= 0.6 is 0 Å². The van der Waals surface area contributed by atoms with Crippen LogP contribution < -0.4 is 11.3 Å². The fourth-order valence-corrected chi connectivity index (χ4v) is 0.969. The highest BCUT2D eigenvalue weighted by atomic mass is 16.5. The van der Waals surface area contributed by atoms with Crippen molar-refractivity contribution in [3.8, 4) is 0 Å². The second kappa shape index (κ2) is 3.79. The minimum absolute atomic E-state index is 0.206. The molecule has 0 amide bonds. The quantitative estimate of drug-likeness (QED) is 0.304. The van der Waals surface area contributed by atoms with Crippen molar-refractivity contribution in [2.45, 2.75) is 33.2 Å². The lowest BCUT2D eigenvalue weighted by Crippen LogP contribution is -2.33. The number of nitrogens with one attached hydrogen (secondary N) is 1. The Labute approximate surface area is 83.3 Å². The first kappa shape index (κ1) is 10.7. The molecule has 0 atom stereocenters. The zero-order valence-electron chi connectivity index (χ0n) is 8.96. The minimum atomic E-state index is -0.206. The molecule has 0 aliphatic carbocycles. The predicted octanol–water partition coefficient (Wildman–Crippen LogP) is 0.991. The lowest BCUT2D eigenvalue weighted by molar-refractivity contribution is 0.405. The summed E-state index contributed by atoms with van der Waals surface area (Å²) in [6.45, 7) is 7.78. The van der Waals surface area contributed by atoms with Gasteiger partial charge in [-0.05, 0) is 27.7 Å². The summed E-state index contributed by atoms with van der Waals surface area (Å²) in [7, 11) is 0. The average Bonchev–Trinajstić information content (AvgIpc) is 2.46. The zero-order valence-corrected chi connectivity index (χ0v) is 8.96. The van der Waals surface area contributed by atoms with Crippen LogP contribution in [0.4, 0.5) is 0 Å². The third-order valence-corrected chi connectivity index (χ3v) is 1.45. The number of hydrogen-bond acceptors (Lipinski definition) is 4. The molecule has 14 heavy (non-hydrogen) atoms. The summed E-state index contributed by atoms with van der Waals surface area (Å²) >= 11 is 0. The Hall–Kier alpha value is -1.36. The highest BCUT2D eigenvalue weighted by Gasteiger charge is 2.13. The molecular weight excluding hydrogens is 180 g/mol. The van der Waals surface area contributed by atoms with Gasteiger partial charge in [0.1, 0.15) is 0 Å². The molecule has 0 saturated carbocycles. The molecule has 1 aromatic rings. The van der Waals surface area contributed by atoms with Crippen molar-refractivity contribution in [3.05, 3.63) is 17.5 Å². The number of aromatic nitrogens is 1. The van der Waals surface area contributed by atoms with Crippen LogP contribution in [0.25, 0.3) is 0 Å². The average molecular weight is 196 g/mol. The van der Waals surface area contributed by atoms with E-state index in [0.29, 0.717) is 11.6 Å². The van der Waals surface area contributed by atoms with E-state index < -0.39 is 0 Å². The third-order valence-electron chi connectivity index (χ3n) is 1.45. The fourth-order valence-electron chi connectivity index (χ4n) is 0.969. The molecular formula is C9H16N4O. The topological polar surface area (TPSA) is 76.4 Å². The van der Waals surface area contributed by atoms with Crippen molar-refractivity contribution in [1.82, 2.24) is 10.6 Å². The molecule has 1 heterocycles. The van der Waals surface area contributed by atoms with Gasteiger partial charge in [-0.15, -0.1) is 0 Å². The Bertz CT molecular complexity index is 335. The molecule has 0 saturated heterocycles. The summed E-state index contributed by atoms with van der Waals surface area (Å²) in [5.41, 5.74) is 3.10. The van der Waals surface area contributed by atoms with Gasteiger partial charge >= 0.3 is 0 Å². The van der Waals surface area contributed by atoms with Crippen molar-refractivity contribution >= 4 is 5.84 Å². The Morgan fingerprint density at radius 2 is 2.21 bits per heavy atom. The molecule has 1 rings (SSSR count). The number of nitrogens with two attached hydrogens (primary N) is 1. The molecule has 0 unspecified atom stereocenters. The van der Waals surface area contributed by atoms with Crippen molar-refractivity contribution in [3.63, 3.8) is 0 Å². The monoisotopic (exact) mass is 196 g/mol. The van der Waals surface area contributed by atoms with Gasteiger partial charge in [-0.3, -0.25) is 4.99 Å². The van der Waals surface area contributed by atoms with E-state index in [1.165, 1.54) is 0 Å². The maximum atomic E-state index is 5.35. The number of rotatable bonds is 1. The number of hydrogen-bond donors (Lipinski definition) is 2. The lowest BCUT2D eigenvalue weighted by atomic mass is 10.1. The molecule has 78 valence electrons. The van der Waals surface area contributed by atoms with Gasteiger partial charge < -0.3 is 9.95 Å². The van der Waals surface area contributed by atoms with Gasteiger partial charge in [-0.2, -0.15) is 0 Å². The van der Waals surface area contributed by atoms with Crippen molar-refractivity contribution in [2.75, 3.05) is 0 Å². The normalized spacial score (nSPS) is 13.1. The minimum Gasteiger partial charge on any atom is -0.353 e. The number of amidine groups is 1. The Morgan fingerprint density at radius 1 is 1.57 bits per heavy atom. The number of nitrogens with zero attached hydrogens (tertiary/aromatic N) is 2. The number of aryl methyl sites for hydroxylation is 1. The van der Waals surface area contributed by atoms with E-state index in [9.17, 15) is 0 Å². The van der Waals surface area contributed by atoms with Crippen LogP contribution in [0.5, 0.6) is 0 Å². The summed E-state index contributed by atoms with van der Waals surface area (Å²) in [5, 5.41) is 3.76. The highest BCUT2D eigenvalue weighted by molar-refractivity contribution is 5.96. The molecule has 5 heteroatoms. The summed E-state index contributed by atoms with van der Waals surface area (Å²) < 4.78 is 5.04. The summed E-state index contributed by atoms with van der Waals surface area (Å²) in [5.74, 6) is 6.42. The van der Waals surface area contributed by atoms with Gasteiger partial charge in [0.25, 0.3) is 0 Å². The SMILES string of the molecule is Cc1cc(C(=NC(C)(C)C)NN)on1. The summed E-state index contributed by atoms with van der Waals surface area (Å²) in [6, 6.07) is 1.78. The smallest absolute Gasteiger partial charge is 0.203 e. The number of aliphatic imine (C=N–C) groups is 1. The first-order valence-corrected chi connectivity index (χ1v) is 4.42. The van der Waals surface area contributed by atoms with Crippen LogP contribution in [-0.2, 0) is 0 Å². The van der Waals surface area contributed by atoms with Gasteiger partial charge in [-0.1, -0.05) is 5.16 Å². The first-order valence-electron chi connectivity index (χ1n) is 4.42. The van der Waals surface area contributed by atoms with E-state index in [1.807, 2.05) is 27.7 Å². The van der Waals surface area contributed by atoms with Crippen molar-refractivity contribution in [2.24, 2.45) is 10.8 Å². The van der Waals surface area contributed by atoms with Crippen LogP contribution in [-0.4, -0.2) is 16.5 Å². The fraction of sp³-hybridized carbons (Fsp3) is 0.556. The molecule has 3 N–H and O–H groups in total. The van der Waals surface area contributed by atoms with Crippen LogP contribution in [0.2, 0.25) is 0 Å². The number of hydrazine groups is 1. The van der Waals surface area contributed by atoms with E-state index in [1.54, 1.807) is 6.07 Å². The van der Waals surface area contributed by atoms with E-state index >= 15 is 0 Å². The molecule has 0 bridgehead atoms. The highest BCUT2D eigenvalue weighted by Crippen LogP contribution is 2.10. The Kier molecular flexibility index (Phi) is 2.90. The lowest BCUT2D eigenvalue weighted by Gasteiger charge is -2.13. The molecule has 0 spiro atoms. The van der Waals surface area contributed by atoms with E-state index in [2.05, 4.69) is 15.6 Å². The van der Waals surface area contributed by atoms with Crippen LogP contribution in [0.15, 0.2) is 15.6 Å². The van der Waals surface area contributed by atoms with Gasteiger partial charge in [0.15, 0.2) is 5.84 Å². The Morgan fingerprint density at radius 3 is 2.57 bits per heavy atom. The summed E-state index contributed by atoms with van der Waals surface area (Å²) in [4.78, 5) is 4.36. The van der Waals surface area contributed by atoms with E-state index in [-0.39, 0.29) is 5.54 Å². The largest absolute Gasteiger partial charge is 0.353 e. The van der Waals surface area contributed by atoms with Gasteiger partial charge in [-0.25, -0.2) is 5.84 Å². The van der Waals surface area contributed by atoms with Crippen LogP contribution in [0.1, 0.15) is 32.2 Å². The maximum absolute atomic E-state index is 5.35. The molecule has 1 aromatic heterocycles. The molecule has 0 fully saturated rings. The third kappa shape index (κ3) is 2.85. The van der Waals surface area contributed by atoms with Gasteiger partial charge in [0, 0.05) is 6.07 Å². The summed E-state index contributed by atoms with van der Waals surface area (Å²) in [6.07, 6.45) is 0. The van der Waals surface area contributed by atoms with E-state index in [4.69, 9.17) is 10.4 Å². The first-order chi connectivity index (χ1) is 6.42. The second-order valence-electron chi connectivity index (χ2n) is 4.11. The molecule has 5 nitrogen and oxygen atoms in total.